The minimum absolute atomic E-state index is 0.0834. The fourth-order valence-corrected chi connectivity index (χ4v) is 1.54. The van der Waals surface area contributed by atoms with Gasteiger partial charge in [0.1, 0.15) is 0 Å². The first kappa shape index (κ1) is 12.1. The van der Waals surface area contributed by atoms with Crippen molar-refractivity contribution in [2.75, 3.05) is 0 Å². The number of carboxylic acids is 2. The Bertz CT molecular complexity index is 498. The number of nitro groups is 1. The first-order valence-electron chi connectivity index (χ1n) is 3.79. The largest absolute Gasteiger partial charge is 0.478 e. The van der Waals surface area contributed by atoms with E-state index < -0.39 is 33.7 Å². The molecule has 0 unspecified atom stereocenters. The Morgan fingerprint density at radius 2 is 1.62 bits per heavy atom. The highest BCUT2D eigenvalue weighted by atomic mass is 79.9. The number of carboxylic acid groups (broad SMARTS) is 2. The van der Waals surface area contributed by atoms with Crippen LogP contribution in [0.5, 0.6) is 0 Å². The third-order valence-electron chi connectivity index (χ3n) is 1.74. The molecule has 0 spiro atoms. The lowest BCUT2D eigenvalue weighted by Crippen LogP contribution is -2.09. The molecule has 84 valence electrons. The summed E-state index contributed by atoms with van der Waals surface area (Å²) in [6, 6.07) is 1.60. The van der Waals surface area contributed by atoms with E-state index in [1.165, 1.54) is 0 Å². The molecule has 0 aliphatic rings. The molecule has 1 aromatic carbocycles. The summed E-state index contributed by atoms with van der Waals surface area (Å²) in [7, 11) is 0. The van der Waals surface area contributed by atoms with Crippen LogP contribution in [0.1, 0.15) is 20.7 Å². The second-order valence-corrected chi connectivity index (χ2v) is 3.57. The number of nitro benzene ring substituents is 1. The standard InChI is InChI=1S/C8H4BrNO6/c9-5-1-3(7(11)12)4(8(13)14)2-6(5)10(15)16/h1-2H,(H,11,12)(H,13,14). The number of benzene rings is 1. The van der Waals surface area contributed by atoms with Gasteiger partial charge in [-0.15, -0.1) is 0 Å². The predicted octanol–water partition coefficient (Wildman–Crippen LogP) is 1.75. The summed E-state index contributed by atoms with van der Waals surface area (Å²) in [4.78, 5) is 31.1. The number of rotatable bonds is 3. The zero-order chi connectivity index (χ0) is 12.5. The SMILES string of the molecule is O=C(O)c1cc(Br)c([N+](=O)[O-])cc1C(=O)O. The lowest BCUT2D eigenvalue weighted by Gasteiger charge is -2.02. The Balaban J connectivity index is 3.55. The van der Waals surface area contributed by atoms with Gasteiger partial charge in [0.2, 0.25) is 0 Å². The van der Waals surface area contributed by atoms with Gasteiger partial charge in [0.15, 0.2) is 0 Å². The Morgan fingerprint density at radius 1 is 1.19 bits per heavy atom. The molecule has 7 nitrogen and oxygen atoms in total. The van der Waals surface area contributed by atoms with Crippen LogP contribution in [-0.4, -0.2) is 27.1 Å². The molecule has 0 amide bonds. The number of hydrogen-bond acceptors (Lipinski definition) is 4. The molecule has 2 N–H and O–H groups in total. The lowest BCUT2D eigenvalue weighted by molar-refractivity contribution is -0.385. The molecule has 0 radical (unpaired) electrons. The summed E-state index contributed by atoms with van der Waals surface area (Å²) in [5.74, 6) is -3.00. The molecule has 16 heavy (non-hydrogen) atoms. The van der Waals surface area contributed by atoms with Crippen molar-refractivity contribution in [3.05, 3.63) is 37.8 Å². The van der Waals surface area contributed by atoms with Gasteiger partial charge in [-0.05, 0) is 22.0 Å². The van der Waals surface area contributed by atoms with Crippen LogP contribution in [0.4, 0.5) is 5.69 Å². The highest BCUT2D eigenvalue weighted by Gasteiger charge is 2.23. The molecule has 0 aromatic heterocycles. The topological polar surface area (TPSA) is 118 Å². The summed E-state index contributed by atoms with van der Waals surface area (Å²) in [5, 5.41) is 27.9. The first-order valence-corrected chi connectivity index (χ1v) is 4.58. The van der Waals surface area contributed by atoms with Gasteiger partial charge in [-0.3, -0.25) is 10.1 Å². The van der Waals surface area contributed by atoms with Crippen LogP contribution in [0.25, 0.3) is 0 Å². The zero-order valence-corrected chi connectivity index (χ0v) is 9.09. The van der Waals surface area contributed by atoms with Gasteiger partial charge in [0.25, 0.3) is 5.69 Å². The molecule has 0 atom stereocenters. The molecule has 8 heteroatoms. The maximum atomic E-state index is 10.7. The van der Waals surface area contributed by atoms with E-state index in [0.29, 0.717) is 6.07 Å². The van der Waals surface area contributed by atoms with Crippen LogP contribution >= 0.6 is 15.9 Å². The number of hydrogen-bond donors (Lipinski definition) is 2. The van der Waals surface area contributed by atoms with Gasteiger partial charge >= 0.3 is 11.9 Å². The van der Waals surface area contributed by atoms with Gasteiger partial charge in [0.05, 0.1) is 20.5 Å². The Hall–Kier alpha value is -1.96. The molecule has 1 aromatic rings. The van der Waals surface area contributed by atoms with E-state index in [1.807, 2.05) is 0 Å². The fourth-order valence-electron chi connectivity index (χ4n) is 1.06. The van der Waals surface area contributed by atoms with Crippen molar-refractivity contribution in [2.24, 2.45) is 0 Å². The van der Waals surface area contributed by atoms with E-state index in [9.17, 15) is 19.7 Å². The Morgan fingerprint density at radius 3 is 2.00 bits per heavy atom. The number of halogens is 1. The molecule has 0 bridgehead atoms. The summed E-state index contributed by atoms with van der Waals surface area (Å²) in [5.41, 5.74) is -1.63. The van der Waals surface area contributed by atoms with E-state index >= 15 is 0 Å². The zero-order valence-electron chi connectivity index (χ0n) is 7.51. The average Bonchev–Trinajstić information content (AvgIpc) is 2.15. The molecule has 0 saturated carbocycles. The minimum atomic E-state index is -1.53. The van der Waals surface area contributed by atoms with Crippen LogP contribution in [-0.2, 0) is 0 Å². The Labute approximate surface area is 96.6 Å². The summed E-state index contributed by atoms with van der Waals surface area (Å²) in [6.07, 6.45) is 0. The van der Waals surface area contributed by atoms with Crippen LogP contribution < -0.4 is 0 Å². The smallest absolute Gasteiger partial charge is 0.336 e. The van der Waals surface area contributed by atoms with Crippen LogP contribution in [0.2, 0.25) is 0 Å². The van der Waals surface area contributed by atoms with Crippen LogP contribution in [0.15, 0.2) is 16.6 Å². The minimum Gasteiger partial charge on any atom is -0.478 e. The van der Waals surface area contributed by atoms with Crippen molar-refractivity contribution < 1.29 is 24.7 Å². The monoisotopic (exact) mass is 289 g/mol. The van der Waals surface area contributed by atoms with Gasteiger partial charge in [0, 0.05) is 6.07 Å². The molecule has 0 fully saturated rings. The maximum absolute atomic E-state index is 10.7. The van der Waals surface area contributed by atoms with Crippen molar-refractivity contribution >= 4 is 33.6 Å². The van der Waals surface area contributed by atoms with Gasteiger partial charge in [-0.25, -0.2) is 9.59 Å². The van der Waals surface area contributed by atoms with Gasteiger partial charge in [-0.1, -0.05) is 0 Å². The quantitative estimate of drug-likeness (QED) is 0.646. The van der Waals surface area contributed by atoms with E-state index in [2.05, 4.69) is 15.9 Å². The third-order valence-corrected chi connectivity index (χ3v) is 2.38. The van der Waals surface area contributed by atoms with E-state index in [-0.39, 0.29) is 4.47 Å². The van der Waals surface area contributed by atoms with Crippen molar-refractivity contribution in [1.82, 2.24) is 0 Å². The van der Waals surface area contributed by atoms with E-state index in [1.54, 1.807) is 0 Å². The van der Waals surface area contributed by atoms with Crippen molar-refractivity contribution in [3.63, 3.8) is 0 Å². The van der Waals surface area contributed by atoms with Crippen LogP contribution in [0, 0.1) is 10.1 Å². The highest BCUT2D eigenvalue weighted by molar-refractivity contribution is 9.10. The lowest BCUT2D eigenvalue weighted by atomic mass is 10.1. The summed E-state index contributed by atoms with van der Waals surface area (Å²) in [6.45, 7) is 0. The van der Waals surface area contributed by atoms with E-state index in [4.69, 9.17) is 10.2 Å². The molecule has 0 aliphatic heterocycles. The van der Waals surface area contributed by atoms with Gasteiger partial charge < -0.3 is 10.2 Å². The summed E-state index contributed by atoms with van der Waals surface area (Å²) < 4.78 is -0.0834. The number of nitrogens with zero attached hydrogens (tertiary/aromatic N) is 1. The average molecular weight is 290 g/mol. The fraction of sp³-hybridized carbons (Fsp3) is 0. The second kappa shape index (κ2) is 4.27. The molecular weight excluding hydrogens is 286 g/mol. The van der Waals surface area contributed by atoms with Crippen molar-refractivity contribution in [1.29, 1.82) is 0 Å². The van der Waals surface area contributed by atoms with E-state index in [0.717, 1.165) is 6.07 Å². The number of carbonyl (C=O) groups is 2. The van der Waals surface area contributed by atoms with Crippen molar-refractivity contribution in [2.45, 2.75) is 0 Å². The molecular formula is C8H4BrNO6. The van der Waals surface area contributed by atoms with Crippen molar-refractivity contribution in [3.8, 4) is 0 Å². The second-order valence-electron chi connectivity index (χ2n) is 2.72. The number of aromatic carboxylic acids is 2. The van der Waals surface area contributed by atoms with Crippen LogP contribution in [0.3, 0.4) is 0 Å². The van der Waals surface area contributed by atoms with Gasteiger partial charge in [-0.2, -0.15) is 0 Å². The molecule has 0 saturated heterocycles. The molecule has 1 rings (SSSR count). The third kappa shape index (κ3) is 2.16. The highest BCUT2D eigenvalue weighted by Crippen LogP contribution is 2.28. The molecule has 0 aliphatic carbocycles. The Kier molecular flexibility index (Phi) is 3.23. The molecule has 0 heterocycles. The predicted molar refractivity (Wildman–Crippen MR) is 54.7 cm³/mol. The maximum Gasteiger partial charge on any atom is 0.336 e. The summed E-state index contributed by atoms with van der Waals surface area (Å²) >= 11 is 2.80. The normalized spacial score (nSPS) is 9.81. The first-order chi connectivity index (χ1) is 7.34.